The first-order valence-corrected chi connectivity index (χ1v) is 11.7. The van der Waals surface area contributed by atoms with E-state index in [1.165, 1.54) is 28.6 Å². The van der Waals surface area contributed by atoms with E-state index in [4.69, 9.17) is 16.3 Å². The number of hydrogen-bond acceptors (Lipinski definition) is 5. The maximum Gasteiger partial charge on any atom is 0.317 e. The minimum Gasteiger partial charge on any atom is -0.457 e. The summed E-state index contributed by atoms with van der Waals surface area (Å²) >= 11 is 5.91. The third-order valence-corrected chi connectivity index (χ3v) is 7.92. The van der Waals surface area contributed by atoms with E-state index in [1.807, 2.05) is 0 Å². The molecule has 1 saturated heterocycles. The average molecular weight is 448 g/mol. The van der Waals surface area contributed by atoms with Gasteiger partial charge in [-0.15, -0.1) is 0 Å². The molecule has 2 aromatic rings. The molecule has 0 N–H and O–H groups in total. The van der Waals surface area contributed by atoms with Crippen molar-refractivity contribution in [2.75, 3.05) is 19.7 Å². The Labute approximate surface area is 180 Å². The number of carbonyl (C=O) groups excluding carboxylic acids is 2. The summed E-state index contributed by atoms with van der Waals surface area (Å²) in [5, 5.41) is 0.591. The van der Waals surface area contributed by atoms with E-state index < -0.39 is 21.4 Å². The fourth-order valence-electron chi connectivity index (χ4n) is 3.75. The Bertz CT molecular complexity index is 1050. The van der Waals surface area contributed by atoms with E-state index in [9.17, 15) is 18.0 Å². The van der Waals surface area contributed by atoms with Crippen molar-refractivity contribution in [1.82, 2.24) is 4.31 Å². The molecule has 1 heterocycles. The van der Waals surface area contributed by atoms with Gasteiger partial charge in [-0.25, -0.2) is 8.42 Å². The summed E-state index contributed by atoms with van der Waals surface area (Å²) in [5.74, 6) is -0.799. The molecule has 2 fully saturated rings. The van der Waals surface area contributed by atoms with E-state index in [0.717, 1.165) is 18.4 Å². The molecule has 0 atom stereocenters. The third-order valence-electron chi connectivity index (χ3n) is 5.75. The van der Waals surface area contributed by atoms with Gasteiger partial charge in [-0.2, -0.15) is 4.31 Å². The summed E-state index contributed by atoms with van der Waals surface area (Å²) < 4.78 is 31.9. The number of benzene rings is 2. The lowest BCUT2D eigenvalue weighted by Crippen LogP contribution is -2.28. The molecule has 1 saturated carbocycles. The van der Waals surface area contributed by atoms with Gasteiger partial charge in [0.05, 0.1) is 10.3 Å². The molecule has 30 heavy (non-hydrogen) atoms. The molecule has 2 aliphatic rings. The molecule has 158 valence electrons. The van der Waals surface area contributed by atoms with Gasteiger partial charge >= 0.3 is 5.97 Å². The molecule has 0 unspecified atom stereocenters. The van der Waals surface area contributed by atoms with Crippen molar-refractivity contribution >= 4 is 33.4 Å². The van der Waals surface area contributed by atoms with Crippen LogP contribution in [0.25, 0.3) is 0 Å². The van der Waals surface area contributed by atoms with Crippen molar-refractivity contribution in [1.29, 1.82) is 0 Å². The Balaban J connectivity index is 1.38. The Morgan fingerprint density at radius 1 is 0.967 bits per heavy atom. The van der Waals surface area contributed by atoms with Crippen LogP contribution in [-0.2, 0) is 25.0 Å². The zero-order chi connectivity index (χ0) is 21.4. The smallest absolute Gasteiger partial charge is 0.317 e. The van der Waals surface area contributed by atoms with Gasteiger partial charge in [0.25, 0.3) is 0 Å². The van der Waals surface area contributed by atoms with Crippen molar-refractivity contribution in [2.24, 2.45) is 0 Å². The van der Waals surface area contributed by atoms with Gasteiger partial charge in [0.2, 0.25) is 10.0 Å². The van der Waals surface area contributed by atoms with Gasteiger partial charge in [0.15, 0.2) is 12.4 Å². The minimum absolute atomic E-state index is 0.164. The molecular formula is C22H22ClNO5S. The van der Waals surface area contributed by atoms with Crippen molar-refractivity contribution in [3.8, 4) is 0 Å². The number of Topliss-reactive ketones (excluding diaryl/α,β-unsaturated/α-hetero) is 1. The second-order valence-corrected chi connectivity index (χ2v) is 10.1. The molecule has 1 aliphatic heterocycles. The van der Waals surface area contributed by atoms with Gasteiger partial charge < -0.3 is 4.74 Å². The number of ketones is 1. The molecule has 8 heteroatoms. The Morgan fingerprint density at radius 2 is 1.57 bits per heavy atom. The summed E-state index contributed by atoms with van der Waals surface area (Å²) in [6.45, 7) is 0.662. The van der Waals surface area contributed by atoms with Gasteiger partial charge in [-0.3, -0.25) is 9.59 Å². The number of sulfonamides is 1. The quantitative estimate of drug-likeness (QED) is 0.478. The van der Waals surface area contributed by atoms with Crippen LogP contribution in [0.1, 0.15) is 41.6 Å². The van der Waals surface area contributed by atoms with Crippen molar-refractivity contribution < 1.29 is 22.7 Å². The predicted molar refractivity (Wildman–Crippen MR) is 112 cm³/mol. The fraction of sp³-hybridized carbons (Fsp3) is 0.364. The highest BCUT2D eigenvalue weighted by Crippen LogP contribution is 2.49. The highest BCUT2D eigenvalue weighted by atomic mass is 35.5. The molecule has 0 amide bonds. The van der Waals surface area contributed by atoms with Crippen LogP contribution >= 0.6 is 11.6 Å². The number of esters is 1. The second kappa shape index (κ2) is 8.13. The summed E-state index contributed by atoms with van der Waals surface area (Å²) in [6.07, 6.45) is 3.06. The van der Waals surface area contributed by atoms with Gasteiger partial charge in [0, 0.05) is 23.7 Å². The van der Waals surface area contributed by atoms with E-state index in [-0.39, 0.29) is 17.3 Å². The number of halogens is 1. The van der Waals surface area contributed by atoms with Crippen LogP contribution in [0.5, 0.6) is 0 Å². The Kier molecular flexibility index (Phi) is 5.70. The molecular weight excluding hydrogens is 426 g/mol. The van der Waals surface area contributed by atoms with Crippen molar-refractivity contribution in [3.05, 3.63) is 64.7 Å². The van der Waals surface area contributed by atoms with E-state index in [1.54, 1.807) is 24.3 Å². The first-order chi connectivity index (χ1) is 14.3. The largest absolute Gasteiger partial charge is 0.457 e. The molecule has 0 bridgehead atoms. The van der Waals surface area contributed by atoms with Crippen LogP contribution in [0.2, 0.25) is 5.02 Å². The normalized spacial score (nSPS) is 18.2. The first-order valence-electron chi connectivity index (χ1n) is 9.90. The molecule has 0 aromatic heterocycles. The van der Waals surface area contributed by atoms with Crippen LogP contribution in [-0.4, -0.2) is 44.2 Å². The van der Waals surface area contributed by atoms with Gasteiger partial charge in [-0.1, -0.05) is 23.7 Å². The molecule has 4 rings (SSSR count). The lowest BCUT2D eigenvalue weighted by atomic mass is 9.96. The fourth-order valence-corrected chi connectivity index (χ4v) is 5.39. The summed E-state index contributed by atoms with van der Waals surface area (Å²) in [6, 6.07) is 12.9. The SMILES string of the molecule is O=C(COC(=O)C1(c2ccc(Cl)cc2)CC1)c1ccc(S(=O)(=O)N2CCCC2)cc1. The summed E-state index contributed by atoms with van der Waals surface area (Å²) in [4.78, 5) is 25.2. The molecule has 0 radical (unpaired) electrons. The number of rotatable bonds is 7. The third kappa shape index (κ3) is 4.02. The average Bonchev–Trinajstić information content (AvgIpc) is 3.36. The van der Waals surface area contributed by atoms with Crippen LogP contribution < -0.4 is 0 Å². The number of hydrogen-bond donors (Lipinski definition) is 0. The summed E-state index contributed by atoms with van der Waals surface area (Å²) in [5.41, 5.74) is 0.443. The number of ether oxygens (including phenoxy) is 1. The maximum absolute atomic E-state index is 12.6. The first kappa shape index (κ1) is 21.0. The zero-order valence-electron chi connectivity index (χ0n) is 16.3. The van der Waals surface area contributed by atoms with Crippen molar-refractivity contribution in [3.63, 3.8) is 0 Å². The Morgan fingerprint density at radius 3 is 2.13 bits per heavy atom. The highest BCUT2D eigenvalue weighted by molar-refractivity contribution is 7.89. The van der Waals surface area contributed by atoms with Crippen molar-refractivity contribution in [2.45, 2.75) is 36.0 Å². The monoisotopic (exact) mass is 447 g/mol. The lowest BCUT2D eigenvalue weighted by molar-refractivity contribution is -0.145. The van der Waals surface area contributed by atoms with E-state index in [0.29, 0.717) is 36.5 Å². The second-order valence-electron chi connectivity index (χ2n) is 7.72. The van der Waals surface area contributed by atoms with E-state index in [2.05, 4.69) is 0 Å². The molecule has 0 spiro atoms. The summed E-state index contributed by atoms with van der Waals surface area (Å²) in [7, 11) is -3.52. The van der Waals surface area contributed by atoms with Crippen LogP contribution in [0.15, 0.2) is 53.4 Å². The number of carbonyl (C=O) groups is 2. The van der Waals surface area contributed by atoms with Crippen LogP contribution in [0.4, 0.5) is 0 Å². The molecule has 2 aromatic carbocycles. The number of nitrogens with zero attached hydrogens (tertiary/aromatic N) is 1. The highest BCUT2D eigenvalue weighted by Gasteiger charge is 2.52. The van der Waals surface area contributed by atoms with Crippen LogP contribution in [0, 0.1) is 0 Å². The van der Waals surface area contributed by atoms with Crippen LogP contribution in [0.3, 0.4) is 0 Å². The zero-order valence-corrected chi connectivity index (χ0v) is 17.9. The van der Waals surface area contributed by atoms with Gasteiger partial charge in [0.1, 0.15) is 0 Å². The predicted octanol–water partition coefficient (Wildman–Crippen LogP) is 3.58. The standard InChI is InChI=1S/C22H22ClNO5S/c23-18-7-5-17(6-8-18)22(11-12-22)21(26)29-15-20(25)16-3-9-19(10-4-16)30(27,28)24-13-1-2-14-24/h3-10H,1-2,11-15H2. The molecule has 6 nitrogen and oxygen atoms in total. The van der Waals surface area contributed by atoms with Gasteiger partial charge in [-0.05, 0) is 67.6 Å². The van der Waals surface area contributed by atoms with E-state index >= 15 is 0 Å². The Hall–Kier alpha value is -2.22. The maximum atomic E-state index is 12.6. The topological polar surface area (TPSA) is 80.8 Å². The lowest BCUT2D eigenvalue weighted by Gasteiger charge is -2.16. The minimum atomic E-state index is -3.52. The molecule has 1 aliphatic carbocycles.